The minimum Gasteiger partial charge on any atom is -0.495 e. The van der Waals surface area contributed by atoms with E-state index in [1.165, 1.54) is 0 Å². The minimum absolute atomic E-state index is 0.0195. The average Bonchev–Trinajstić information content (AvgIpc) is 3.14. The van der Waals surface area contributed by atoms with Crippen LogP contribution in [0.4, 0.5) is 5.69 Å². The fourth-order valence-electron chi connectivity index (χ4n) is 2.91. The maximum absolute atomic E-state index is 12.1. The molecule has 1 atom stereocenters. The summed E-state index contributed by atoms with van der Waals surface area (Å²) in [6.07, 6.45) is 0.830. The first-order valence-electron chi connectivity index (χ1n) is 7.78. The lowest BCUT2D eigenvalue weighted by Crippen LogP contribution is -2.40. The molecule has 2 heterocycles. The summed E-state index contributed by atoms with van der Waals surface area (Å²) in [5, 5.41) is 6.80. The summed E-state index contributed by atoms with van der Waals surface area (Å²) in [7, 11) is 1.64. The first kappa shape index (κ1) is 16.1. The highest BCUT2D eigenvalue weighted by Gasteiger charge is 2.26. The first-order chi connectivity index (χ1) is 11.6. The Morgan fingerprint density at radius 3 is 2.96 bits per heavy atom. The zero-order valence-electron chi connectivity index (χ0n) is 13.7. The molecule has 1 unspecified atom stereocenters. The van der Waals surface area contributed by atoms with Gasteiger partial charge in [-0.2, -0.15) is 4.68 Å². The molecule has 3 rings (SSSR count). The fraction of sp³-hybridized carbons (Fsp3) is 0.438. The van der Waals surface area contributed by atoms with Gasteiger partial charge in [-0.05, 0) is 18.6 Å². The molecule has 1 fully saturated rings. The van der Waals surface area contributed by atoms with Crippen LogP contribution in [0.25, 0.3) is 0 Å². The molecule has 1 N–H and O–H groups in total. The molecule has 0 spiro atoms. The lowest BCUT2D eigenvalue weighted by atomic mass is 10.2. The number of hydrogen-bond acceptors (Lipinski definition) is 6. The molecule has 0 saturated carbocycles. The number of aromatic nitrogens is 2. The molecule has 1 saturated heterocycles. The number of methoxy groups -OCH3 is 1. The van der Waals surface area contributed by atoms with Crippen molar-refractivity contribution in [3.8, 4) is 5.75 Å². The molecule has 1 aliphatic rings. The van der Waals surface area contributed by atoms with Gasteiger partial charge in [0.15, 0.2) is 0 Å². The number of aryl methyl sites for hydroxylation is 1. The lowest BCUT2D eigenvalue weighted by Gasteiger charge is -2.21. The van der Waals surface area contributed by atoms with Crippen molar-refractivity contribution in [1.82, 2.24) is 15.1 Å². The van der Waals surface area contributed by atoms with E-state index >= 15 is 0 Å². The van der Waals surface area contributed by atoms with Gasteiger partial charge in [0.05, 0.1) is 12.8 Å². The number of ether oxygens (including phenoxy) is 1. The van der Waals surface area contributed by atoms with Gasteiger partial charge in [-0.25, -0.2) is 4.79 Å². The first-order valence-corrected chi connectivity index (χ1v) is 7.78. The van der Waals surface area contributed by atoms with Crippen molar-refractivity contribution < 1.29 is 13.9 Å². The molecule has 1 amide bonds. The Morgan fingerprint density at radius 1 is 1.46 bits per heavy atom. The third-order valence-corrected chi connectivity index (χ3v) is 3.98. The van der Waals surface area contributed by atoms with Crippen LogP contribution in [0.5, 0.6) is 5.75 Å². The molecule has 0 bridgehead atoms. The maximum atomic E-state index is 12.1. The van der Waals surface area contributed by atoms with Gasteiger partial charge < -0.3 is 19.4 Å². The number of benzene rings is 1. The van der Waals surface area contributed by atoms with Gasteiger partial charge in [-0.1, -0.05) is 12.1 Å². The number of nitrogens with one attached hydrogen (secondary N) is 1. The Hall–Kier alpha value is -2.77. The van der Waals surface area contributed by atoms with Gasteiger partial charge in [0, 0.05) is 26.1 Å². The predicted molar refractivity (Wildman–Crippen MR) is 87.3 cm³/mol. The van der Waals surface area contributed by atoms with E-state index in [0.29, 0.717) is 6.54 Å². The van der Waals surface area contributed by atoms with Crippen LogP contribution in [0.15, 0.2) is 33.5 Å². The zero-order chi connectivity index (χ0) is 17.1. The van der Waals surface area contributed by atoms with Crippen molar-refractivity contribution in [2.24, 2.45) is 0 Å². The highest BCUT2D eigenvalue weighted by atomic mass is 16.5. The van der Waals surface area contributed by atoms with Crippen LogP contribution in [0.3, 0.4) is 0 Å². The predicted octanol–water partition coefficient (Wildman–Crippen LogP) is 0.548. The van der Waals surface area contributed by atoms with Crippen molar-refractivity contribution in [1.29, 1.82) is 0 Å². The minimum atomic E-state index is -0.621. The van der Waals surface area contributed by atoms with Crippen molar-refractivity contribution in [2.45, 2.75) is 25.9 Å². The van der Waals surface area contributed by atoms with Crippen molar-refractivity contribution in [3.63, 3.8) is 0 Å². The summed E-state index contributed by atoms with van der Waals surface area (Å²) in [5.74, 6) is 0.187. The van der Waals surface area contributed by atoms with E-state index in [-0.39, 0.29) is 24.4 Å². The molecule has 1 aromatic heterocycles. The van der Waals surface area contributed by atoms with Gasteiger partial charge in [0.2, 0.25) is 11.8 Å². The number of hydrogen-bond donors (Lipinski definition) is 1. The standard InChI is InChI=1S/C16H20N4O4/c1-11-18-20(16(22)24-11)10-15(21)17-12-7-8-19(9-12)13-5-3-4-6-14(13)23-2/h3-6,12H,7-10H2,1-2H3,(H,17,21). The summed E-state index contributed by atoms with van der Waals surface area (Å²) in [6.45, 7) is 2.95. The second-order valence-electron chi connectivity index (χ2n) is 5.72. The maximum Gasteiger partial charge on any atom is 0.437 e. The van der Waals surface area contributed by atoms with Crippen LogP contribution < -0.4 is 20.7 Å². The highest BCUT2D eigenvalue weighted by molar-refractivity contribution is 5.76. The summed E-state index contributed by atoms with van der Waals surface area (Å²) >= 11 is 0. The third kappa shape index (κ3) is 3.42. The van der Waals surface area contributed by atoms with E-state index in [2.05, 4.69) is 15.3 Å². The number of anilines is 1. The molecule has 128 valence electrons. The van der Waals surface area contributed by atoms with E-state index in [1.807, 2.05) is 24.3 Å². The molecule has 1 aliphatic heterocycles. The largest absolute Gasteiger partial charge is 0.495 e. The quantitative estimate of drug-likeness (QED) is 0.860. The topological polar surface area (TPSA) is 89.6 Å². The Balaban J connectivity index is 1.59. The monoisotopic (exact) mass is 332 g/mol. The molecule has 0 radical (unpaired) electrons. The van der Waals surface area contributed by atoms with Crippen molar-refractivity contribution >= 4 is 11.6 Å². The van der Waals surface area contributed by atoms with E-state index < -0.39 is 5.76 Å². The number of amides is 1. The van der Waals surface area contributed by atoms with Gasteiger partial charge in [-0.15, -0.1) is 5.10 Å². The van der Waals surface area contributed by atoms with E-state index in [0.717, 1.165) is 29.1 Å². The SMILES string of the molecule is COc1ccccc1N1CCC(NC(=O)Cn2nc(C)oc2=O)C1. The van der Waals surface area contributed by atoms with Gasteiger partial charge in [0.1, 0.15) is 12.3 Å². The van der Waals surface area contributed by atoms with Crippen LogP contribution in [-0.4, -0.2) is 41.9 Å². The van der Waals surface area contributed by atoms with E-state index in [4.69, 9.17) is 9.15 Å². The van der Waals surface area contributed by atoms with Gasteiger partial charge >= 0.3 is 5.76 Å². The Labute approximate surface area is 139 Å². The lowest BCUT2D eigenvalue weighted by molar-refractivity contribution is -0.122. The van der Waals surface area contributed by atoms with Crippen LogP contribution in [0, 0.1) is 6.92 Å². The van der Waals surface area contributed by atoms with Gasteiger partial charge in [0.25, 0.3) is 0 Å². The highest BCUT2D eigenvalue weighted by Crippen LogP contribution is 2.30. The van der Waals surface area contributed by atoms with Crippen LogP contribution in [0.2, 0.25) is 0 Å². The number of carbonyl (C=O) groups is 1. The molecule has 8 nitrogen and oxygen atoms in total. The number of nitrogens with zero attached hydrogens (tertiary/aromatic N) is 3. The van der Waals surface area contributed by atoms with Crippen LogP contribution in [0.1, 0.15) is 12.3 Å². The second kappa shape index (κ2) is 6.77. The average molecular weight is 332 g/mol. The van der Waals surface area contributed by atoms with E-state index in [1.54, 1.807) is 14.0 Å². The van der Waals surface area contributed by atoms with E-state index in [9.17, 15) is 9.59 Å². The third-order valence-electron chi connectivity index (χ3n) is 3.98. The van der Waals surface area contributed by atoms with Crippen molar-refractivity contribution in [3.05, 3.63) is 40.7 Å². The smallest absolute Gasteiger partial charge is 0.437 e. The van der Waals surface area contributed by atoms with Gasteiger partial charge in [-0.3, -0.25) is 4.79 Å². The Morgan fingerprint density at radius 2 is 2.25 bits per heavy atom. The molecule has 2 aromatic rings. The normalized spacial score (nSPS) is 17.1. The fourth-order valence-corrected chi connectivity index (χ4v) is 2.91. The number of rotatable bonds is 5. The van der Waals surface area contributed by atoms with Crippen LogP contribution in [-0.2, 0) is 11.3 Å². The van der Waals surface area contributed by atoms with Crippen LogP contribution >= 0.6 is 0 Å². The summed E-state index contributed by atoms with van der Waals surface area (Å²) in [5.41, 5.74) is 1.01. The molecule has 24 heavy (non-hydrogen) atoms. The number of para-hydroxylation sites is 2. The second-order valence-corrected chi connectivity index (χ2v) is 5.72. The molecule has 0 aliphatic carbocycles. The summed E-state index contributed by atoms with van der Waals surface area (Å²) in [4.78, 5) is 25.7. The molecular formula is C16H20N4O4. The summed E-state index contributed by atoms with van der Waals surface area (Å²) in [6, 6.07) is 7.82. The summed E-state index contributed by atoms with van der Waals surface area (Å²) < 4.78 is 11.2. The van der Waals surface area contributed by atoms with Crippen molar-refractivity contribution in [2.75, 3.05) is 25.1 Å². The molecule has 8 heteroatoms. The molecular weight excluding hydrogens is 312 g/mol. The molecule has 1 aromatic carbocycles. The zero-order valence-corrected chi connectivity index (χ0v) is 13.7. The number of carbonyl (C=O) groups excluding carboxylic acids is 1. The Bertz CT molecular complexity index is 782. The Kier molecular flexibility index (Phi) is 4.54.